The number of aromatic amines is 1. The molecule has 0 saturated carbocycles. The lowest BCUT2D eigenvalue weighted by atomic mass is 10.2. The van der Waals surface area contributed by atoms with E-state index < -0.39 is 0 Å². The summed E-state index contributed by atoms with van der Waals surface area (Å²) in [5.41, 5.74) is 0.542. The van der Waals surface area contributed by atoms with Gasteiger partial charge < -0.3 is 15.6 Å². The molecule has 0 aliphatic heterocycles. The van der Waals surface area contributed by atoms with Crippen molar-refractivity contribution in [3.8, 4) is 0 Å². The molecule has 0 atom stereocenters. The fourth-order valence-electron chi connectivity index (χ4n) is 1.15. The number of carbonyl (C=O) groups excluding carboxylic acids is 1. The molecule has 0 aromatic carbocycles. The lowest BCUT2D eigenvalue weighted by Crippen LogP contribution is -2.33. The van der Waals surface area contributed by atoms with Crippen LogP contribution >= 0.6 is 12.4 Å². The van der Waals surface area contributed by atoms with Crippen LogP contribution < -0.4 is 16.2 Å². The summed E-state index contributed by atoms with van der Waals surface area (Å²) < 4.78 is 0. The molecule has 1 rings (SSSR count). The lowest BCUT2D eigenvalue weighted by molar-refractivity contribution is 0.0952. The first-order chi connectivity index (χ1) is 7.15. The molecule has 0 radical (unpaired) electrons. The summed E-state index contributed by atoms with van der Waals surface area (Å²) in [5.74, 6) is -0.341. The zero-order valence-corrected chi connectivity index (χ0v) is 10.1. The van der Waals surface area contributed by atoms with E-state index in [1.54, 1.807) is 20.0 Å². The van der Waals surface area contributed by atoms with E-state index in [9.17, 15) is 9.59 Å². The first-order valence-corrected chi connectivity index (χ1v) is 4.78. The van der Waals surface area contributed by atoms with Gasteiger partial charge in [0.2, 0.25) is 0 Å². The summed E-state index contributed by atoms with van der Waals surface area (Å²) in [5, 5.41) is 5.54. The second kappa shape index (κ2) is 7.03. The van der Waals surface area contributed by atoms with Gasteiger partial charge in [-0.25, -0.2) is 0 Å². The third-order valence-electron chi connectivity index (χ3n) is 1.96. The van der Waals surface area contributed by atoms with Gasteiger partial charge in [0.25, 0.3) is 11.5 Å². The van der Waals surface area contributed by atoms with E-state index in [-0.39, 0.29) is 29.4 Å². The van der Waals surface area contributed by atoms with Gasteiger partial charge in [0.15, 0.2) is 0 Å². The molecule has 3 N–H and O–H groups in total. The van der Waals surface area contributed by atoms with E-state index in [0.717, 1.165) is 5.69 Å². The number of pyridine rings is 1. The molecule has 5 nitrogen and oxygen atoms in total. The number of rotatable bonds is 4. The van der Waals surface area contributed by atoms with Gasteiger partial charge in [-0.1, -0.05) is 0 Å². The molecule has 1 heterocycles. The highest BCUT2D eigenvalue weighted by atomic mass is 35.5. The van der Waals surface area contributed by atoms with E-state index in [4.69, 9.17) is 0 Å². The Kier molecular flexibility index (Phi) is 6.44. The summed E-state index contributed by atoms with van der Waals surface area (Å²) >= 11 is 0. The van der Waals surface area contributed by atoms with E-state index in [2.05, 4.69) is 15.6 Å². The SMILES string of the molecule is CNCCNC(=O)c1ccc(C)[nH]c1=O.Cl. The fourth-order valence-corrected chi connectivity index (χ4v) is 1.15. The Bertz CT molecular complexity index is 403. The molecular formula is C10H16ClN3O2. The van der Waals surface area contributed by atoms with Crippen LogP contribution in [0.1, 0.15) is 16.1 Å². The van der Waals surface area contributed by atoms with Crippen molar-refractivity contribution in [3.05, 3.63) is 33.7 Å². The second-order valence-corrected chi connectivity index (χ2v) is 3.24. The average Bonchev–Trinajstić information content (AvgIpc) is 2.17. The van der Waals surface area contributed by atoms with Crippen molar-refractivity contribution in [1.29, 1.82) is 0 Å². The summed E-state index contributed by atoms with van der Waals surface area (Å²) in [4.78, 5) is 25.5. The van der Waals surface area contributed by atoms with Crippen LogP contribution in [-0.2, 0) is 0 Å². The van der Waals surface area contributed by atoms with Crippen molar-refractivity contribution in [2.24, 2.45) is 0 Å². The van der Waals surface area contributed by atoms with Gasteiger partial charge >= 0.3 is 0 Å². The third kappa shape index (κ3) is 4.04. The number of halogens is 1. The van der Waals surface area contributed by atoms with Gasteiger partial charge in [0.1, 0.15) is 5.56 Å². The molecule has 1 aromatic heterocycles. The van der Waals surface area contributed by atoms with E-state index in [1.807, 2.05) is 0 Å². The molecule has 1 aromatic rings. The van der Waals surface area contributed by atoms with E-state index >= 15 is 0 Å². The van der Waals surface area contributed by atoms with Crippen LogP contribution in [0.25, 0.3) is 0 Å². The highest BCUT2D eigenvalue weighted by molar-refractivity contribution is 5.93. The minimum absolute atomic E-state index is 0. The summed E-state index contributed by atoms with van der Waals surface area (Å²) in [6.07, 6.45) is 0. The minimum Gasteiger partial charge on any atom is -0.351 e. The van der Waals surface area contributed by atoms with Crippen molar-refractivity contribution in [3.63, 3.8) is 0 Å². The Balaban J connectivity index is 0.00000225. The predicted molar refractivity (Wildman–Crippen MR) is 65.3 cm³/mol. The number of amides is 1. The smallest absolute Gasteiger partial charge is 0.260 e. The predicted octanol–water partition coefficient (Wildman–Crippen LogP) is 0.0543. The molecule has 0 bridgehead atoms. The van der Waals surface area contributed by atoms with Gasteiger partial charge in [0.05, 0.1) is 0 Å². The first kappa shape index (κ1) is 14.7. The van der Waals surface area contributed by atoms with Crippen LogP contribution in [0.3, 0.4) is 0 Å². The van der Waals surface area contributed by atoms with E-state index in [1.165, 1.54) is 6.07 Å². The molecule has 1 amide bonds. The van der Waals surface area contributed by atoms with Gasteiger partial charge in [-0.05, 0) is 26.1 Å². The largest absolute Gasteiger partial charge is 0.351 e. The summed E-state index contributed by atoms with van der Waals surface area (Å²) in [7, 11) is 1.80. The van der Waals surface area contributed by atoms with E-state index in [0.29, 0.717) is 13.1 Å². The fraction of sp³-hybridized carbons (Fsp3) is 0.400. The molecule has 0 saturated heterocycles. The van der Waals surface area contributed by atoms with Crippen LogP contribution in [0.5, 0.6) is 0 Å². The van der Waals surface area contributed by atoms with Crippen molar-refractivity contribution < 1.29 is 4.79 Å². The zero-order chi connectivity index (χ0) is 11.3. The number of H-pyrrole nitrogens is 1. The maximum Gasteiger partial charge on any atom is 0.260 e. The average molecular weight is 246 g/mol. The van der Waals surface area contributed by atoms with Gasteiger partial charge in [-0.3, -0.25) is 9.59 Å². The highest BCUT2D eigenvalue weighted by Crippen LogP contribution is 1.92. The number of carbonyl (C=O) groups is 1. The number of aryl methyl sites for hydroxylation is 1. The normalized spacial score (nSPS) is 9.38. The first-order valence-electron chi connectivity index (χ1n) is 4.78. The molecule has 0 aliphatic rings. The van der Waals surface area contributed by atoms with Gasteiger partial charge in [-0.2, -0.15) is 0 Å². The van der Waals surface area contributed by atoms with Crippen LogP contribution in [0.4, 0.5) is 0 Å². The molecule has 90 valence electrons. The van der Waals surface area contributed by atoms with Crippen LogP contribution in [-0.4, -0.2) is 31.0 Å². The lowest BCUT2D eigenvalue weighted by Gasteiger charge is -2.03. The Morgan fingerprint density at radius 3 is 2.62 bits per heavy atom. The van der Waals surface area contributed by atoms with Crippen molar-refractivity contribution >= 4 is 18.3 Å². The zero-order valence-electron chi connectivity index (χ0n) is 9.29. The van der Waals surface area contributed by atoms with Crippen LogP contribution in [0, 0.1) is 6.92 Å². The maximum absolute atomic E-state index is 11.5. The van der Waals surface area contributed by atoms with Gasteiger partial charge in [0, 0.05) is 18.8 Å². The molecule has 0 aliphatic carbocycles. The van der Waals surface area contributed by atoms with Crippen LogP contribution in [0.15, 0.2) is 16.9 Å². The van der Waals surface area contributed by atoms with Crippen molar-refractivity contribution in [2.45, 2.75) is 6.92 Å². The minimum atomic E-state index is -0.350. The third-order valence-corrected chi connectivity index (χ3v) is 1.96. The summed E-state index contributed by atoms with van der Waals surface area (Å²) in [6.45, 7) is 2.95. The molecular weight excluding hydrogens is 230 g/mol. The molecule has 0 spiro atoms. The molecule has 6 heteroatoms. The molecule has 0 unspecified atom stereocenters. The van der Waals surface area contributed by atoms with Crippen molar-refractivity contribution in [2.75, 3.05) is 20.1 Å². The number of likely N-dealkylation sites (N-methyl/N-ethyl adjacent to an activating group) is 1. The Hall–Kier alpha value is -1.33. The number of aromatic nitrogens is 1. The topological polar surface area (TPSA) is 74.0 Å². The quantitative estimate of drug-likeness (QED) is 0.657. The van der Waals surface area contributed by atoms with Gasteiger partial charge in [-0.15, -0.1) is 12.4 Å². The monoisotopic (exact) mass is 245 g/mol. The van der Waals surface area contributed by atoms with Crippen LogP contribution in [0.2, 0.25) is 0 Å². The number of hydrogen-bond donors (Lipinski definition) is 3. The number of nitrogens with one attached hydrogen (secondary N) is 3. The number of hydrogen-bond acceptors (Lipinski definition) is 3. The maximum atomic E-state index is 11.5. The Morgan fingerprint density at radius 2 is 2.06 bits per heavy atom. The Labute approximate surface area is 100 Å². The molecule has 0 fully saturated rings. The highest BCUT2D eigenvalue weighted by Gasteiger charge is 2.08. The second-order valence-electron chi connectivity index (χ2n) is 3.24. The standard InChI is InChI=1S/C10H15N3O2.ClH/c1-7-3-4-8(10(15)13-7)9(14)12-6-5-11-2;/h3-4,11H,5-6H2,1-2H3,(H,12,14)(H,13,15);1H. The Morgan fingerprint density at radius 1 is 1.38 bits per heavy atom. The van der Waals surface area contributed by atoms with Crippen molar-refractivity contribution in [1.82, 2.24) is 15.6 Å². The molecule has 16 heavy (non-hydrogen) atoms. The summed E-state index contributed by atoms with van der Waals surface area (Å²) in [6, 6.07) is 3.23.